The van der Waals surface area contributed by atoms with Gasteiger partial charge in [0.25, 0.3) is 11.5 Å². The zero-order chi connectivity index (χ0) is 19.5. The Morgan fingerprint density at radius 3 is 2.50 bits per heavy atom. The van der Waals surface area contributed by atoms with E-state index in [0.717, 1.165) is 24.8 Å². The highest BCUT2D eigenvalue weighted by Gasteiger charge is 2.41. The molecule has 0 fully saturated rings. The number of H-pyrrole nitrogens is 1. The van der Waals surface area contributed by atoms with Crippen molar-refractivity contribution in [3.63, 3.8) is 0 Å². The van der Waals surface area contributed by atoms with Crippen LogP contribution in [0.25, 0.3) is 5.82 Å². The van der Waals surface area contributed by atoms with Crippen molar-refractivity contribution in [2.24, 2.45) is 5.92 Å². The van der Waals surface area contributed by atoms with Gasteiger partial charge in [0, 0.05) is 12.1 Å². The summed E-state index contributed by atoms with van der Waals surface area (Å²) in [7, 11) is 0. The molecule has 0 aliphatic rings. The van der Waals surface area contributed by atoms with Crippen molar-refractivity contribution in [3.05, 3.63) is 39.9 Å². The van der Waals surface area contributed by atoms with Gasteiger partial charge < -0.3 is 5.32 Å². The summed E-state index contributed by atoms with van der Waals surface area (Å²) in [4.78, 5) is 23.4. The molecule has 1 amide bonds. The maximum atomic E-state index is 13.5. The van der Waals surface area contributed by atoms with Crippen molar-refractivity contribution in [2.75, 3.05) is 0 Å². The van der Waals surface area contributed by atoms with E-state index in [0.29, 0.717) is 17.0 Å². The number of carbonyl (C=O) groups excluding carboxylic acids is 1. The number of carbonyl (C=O) groups is 1. The second-order valence-corrected chi connectivity index (χ2v) is 6.44. The second kappa shape index (κ2) is 7.71. The Morgan fingerprint density at radius 2 is 1.96 bits per heavy atom. The van der Waals surface area contributed by atoms with E-state index in [1.165, 1.54) is 0 Å². The lowest BCUT2D eigenvalue weighted by molar-refractivity contribution is -0.143. The number of nitrogens with one attached hydrogen (secondary N) is 2. The third kappa shape index (κ3) is 4.70. The molecule has 0 aliphatic carbocycles. The fourth-order valence-electron chi connectivity index (χ4n) is 2.37. The Labute approximate surface area is 147 Å². The van der Waals surface area contributed by atoms with Crippen LogP contribution in [0.3, 0.4) is 0 Å². The summed E-state index contributed by atoms with van der Waals surface area (Å²) < 4.78 is 41.0. The zero-order valence-corrected chi connectivity index (χ0v) is 14.6. The van der Waals surface area contributed by atoms with Gasteiger partial charge in [0.1, 0.15) is 0 Å². The van der Waals surface area contributed by atoms with Crippen LogP contribution in [0.15, 0.2) is 23.1 Å². The van der Waals surface area contributed by atoms with Crippen LogP contribution in [-0.2, 0) is 6.18 Å². The molecule has 2 aromatic heterocycles. The molecule has 2 N–H and O–H groups in total. The van der Waals surface area contributed by atoms with Crippen molar-refractivity contribution in [1.29, 1.82) is 0 Å². The number of halogens is 3. The van der Waals surface area contributed by atoms with Gasteiger partial charge in [0.15, 0.2) is 11.5 Å². The van der Waals surface area contributed by atoms with Gasteiger partial charge >= 0.3 is 6.18 Å². The Hall–Kier alpha value is -2.65. The first-order valence-corrected chi connectivity index (χ1v) is 8.11. The van der Waals surface area contributed by atoms with Gasteiger partial charge in [-0.3, -0.25) is 9.59 Å². The lowest BCUT2D eigenvalue weighted by atomic mass is 10.0. The van der Waals surface area contributed by atoms with Gasteiger partial charge in [-0.2, -0.15) is 23.4 Å². The molecule has 0 spiro atoms. The third-order valence-electron chi connectivity index (χ3n) is 3.72. The van der Waals surface area contributed by atoms with Gasteiger partial charge in [0.05, 0.1) is 11.8 Å². The van der Waals surface area contributed by atoms with Crippen LogP contribution in [0.4, 0.5) is 13.2 Å². The topological polar surface area (TPSA) is 92.7 Å². The molecule has 0 saturated heterocycles. The predicted octanol–water partition coefficient (Wildman–Crippen LogP) is 2.53. The van der Waals surface area contributed by atoms with Crippen molar-refractivity contribution in [2.45, 2.75) is 45.8 Å². The summed E-state index contributed by atoms with van der Waals surface area (Å²) >= 11 is 0. The van der Waals surface area contributed by atoms with Gasteiger partial charge in [-0.25, -0.2) is 9.78 Å². The molecular weight excluding hydrogens is 351 g/mol. The fraction of sp³-hybridized carbons (Fsp3) is 0.500. The molecule has 0 aliphatic heterocycles. The number of amides is 1. The highest BCUT2D eigenvalue weighted by molar-refractivity contribution is 5.95. The van der Waals surface area contributed by atoms with Crippen LogP contribution in [0, 0.1) is 5.92 Å². The quantitative estimate of drug-likeness (QED) is 0.816. The summed E-state index contributed by atoms with van der Waals surface area (Å²) in [5.41, 5.74) is -2.40. The average molecular weight is 371 g/mol. The summed E-state index contributed by atoms with van der Waals surface area (Å²) in [6.45, 7) is 5.79. The first-order chi connectivity index (χ1) is 12.1. The second-order valence-electron chi connectivity index (χ2n) is 6.44. The number of hydrogen-bond donors (Lipinski definition) is 2. The smallest absolute Gasteiger partial charge is 0.349 e. The number of nitrogens with zero attached hydrogens (tertiary/aromatic N) is 3. The van der Waals surface area contributed by atoms with Gasteiger partial charge in [-0.15, -0.1) is 0 Å². The van der Waals surface area contributed by atoms with Crippen molar-refractivity contribution < 1.29 is 18.0 Å². The Bertz CT molecular complexity index is 806. The lowest BCUT2D eigenvalue weighted by Gasteiger charge is -2.16. The zero-order valence-electron chi connectivity index (χ0n) is 14.6. The molecule has 7 nitrogen and oxygen atoms in total. The van der Waals surface area contributed by atoms with E-state index in [1.807, 2.05) is 18.9 Å². The molecule has 0 radical (unpaired) electrons. The first-order valence-electron chi connectivity index (χ1n) is 8.11. The standard InChI is InChI=1S/C16H20F3N5O2/c1-9(2)4-5-10(3)21-15(26)11-8-20-24(14(11)16(17,18)19)12-6-7-13(25)23-22-12/h6-10H,4-5H2,1-3H3,(H,21,26)(H,23,25)/t10-/m0/s1. The van der Waals surface area contributed by atoms with E-state index < -0.39 is 28.9 Å². The lowest BCUT2D eigenvalue weighted by Crippen LogP contribution is -2.34. The van der Waals surface area contributed by atoms with Crippen molar-refractivity contribution in [1.82, 2.24) is 25.3 Å². The summed E-state index contributed by atoms with van der Waals surface area (Å²) in [6.07, 6.45) is -2.49. The molecule has 0 unspecified atom stereocenters. The molecule has 1 atom stereocenters. The third-order valence-corrected chi connectivity index (χ3v) is 3.72. The molecule has 2 rings (SSSR count). The highest BCUT2D eigenvalue weighted by atomic mass is 19.4. The predicted molar refractivity (Wildman–Crippen MR) is 88.0 cm³/mol. The molecule has 142 valence electrons. The van der Waals surface area contributed by atoms with Gasteiger partial charge in [-0.1, -0.05) is 13.8 Å². The SMILES string of the molecule is CC(C)CC[C@H](C)NC(=O)c1cnn(-c2ccc(=O)[nH]n2)c1C(F)(F)F. The van der Waals surface area contributed by atoms with Crippen LogP contribution < -0.4 is 10.9 Å². The fourth-order valence-corrected chi connectivity index (χ4v) is 2.37. The van der Waals surface area contributed by atoms with E-state index in [9.17, 15) is 22.8 Å². The van der Waals surface area contributed by atoms with E-state index in [4.69, 9.17) is 0 Å². The Kier molecular flexibility index (Phi) is 5.83. The number of hydrogen-bond acceptors (Lipinski definition) is 4. The van der Waals surface area contributed by atoms with E-state index in [2.05, 4.69) is 15.5 Å². The molecule has 2 heterocycles. The van der Waals surface area contributed by atoms with Crippen molar-refractivity contribution in [3.8, 4) is 5.82 Å². The van der Waals surface area contributed by atoms with Crippen LogP contribution in [0.2, 0.25) is 0 Å². The maximum Gasteiger partial charge on any atom is 0.434 e. The number of rotatable bonds is 6. The highest BCUT2D eigenvalue weighted by Crippen LogP contribution is 2.33. The molecule has 2 aromatic rings. The van der Waals surface area contributed by atoms with Crippen molar-refractivity contribution >= 4 is 5.91 Å². The molecule has 10 heteroatoms. The van der Waals surface area contributed by atoms with Gasteiger partial charge in [0.2, 0.25) is 0 Å². The monoisotopic (exact) mass is 371 g/mol. The summed E-state index contributed by atoms with van der Waals surface area (Å²) in [5.74, 6) is -0.678. The minimum Gasteiger partial charge on any atom is -0.349 e. The van der Waals surface area contributed by atoms with Crippen LogP contribution in [-0.4, -0.2) is 31.9 Å². The molecule has 0 aromatic carbocycles. The van der Waals surface area contributed by atoms with E-state index in [-0.39, 0.29) is 11.9 Å². The Balaban J connectivity index is 2.33. The number of aromatic amines is 1. The Morgan fingerprint density at radius 1 is 1.27 bits per heavy atom. The maximum absolute atomic E-state index is 13.5. The number of aromatic nitrogens is 4. The number of alkyl halides is 3. The molecule has 0 bridgehead atoms. The first kappa shape index (κ1) is 19.7. The minimum absolute atomic E-state index is 0.246. The van der Waals surface area contributed by atoms with Crippen LogP contribution in [0.5, 0.6) is 0 Å². The largest absolute Gasteiger partial charge is 0.434 e. The average Bonchev–Trinajstić information content (AvgIpc) is 2.99. The van der Waals surface area contributed by atoms with E-state index >= 15 is 0 Å². The summed E-state index contributed by atoms with van der Waals surface area (Å²) in [6, 6.07) is 1.84. The summed E-state index contributed by atoms with van der Waals surface area (Å²) in [5, 5.41) is 11.8. The van der Waals surface area contributed by atoms with Crippen LogP contribution >= 0.6 is 0 Å². The normalized spacial score (nSPS) is 13.0. The van der Waals surface area contributed by atoms with Gasteiger partial charge in [-0.05, 0) is 31.7 Å². The van der Waals surface area contributed by atoms with Crippen LogP contribution in [0.1, 0.15) is 49.7 Å². The molecule has 26 heavy (non-hydrogen) atoms. The minimum atomic E-state index is -4.83. The van der Waals surface area contributed by atoms with E-state index in [1.54, 1.807) is 6.92 Å². The molecule has 0 saturated carbocycles. The molecular formula is C16H20F3N5O2.